The zero-order valence-electron chi connectivity index (χ0n) is 10.6. The summed E-state index contributed by atoms with van der Waals surface area (Å²) in [6, 6.07) is 3.85. The highest BCUT2D eigenvalue weighted by Crippen LogP contribution is 2.33. The molecular formula is C14H21NO2. The number of benzene rings is 1. The molecule has 0 fully saturated rings. The van der Waals surface area contributed by atoms with Crippen LogP contribution in [0.1, 0.15) is 30.0 Å². The summed E-state index contributed by atoms with van der Waals surface area (Å²) in [6.07, 6.45) is 2.83. The molecule has 0 spiro atoms. The summed E-state index contributed by atoms with van der Waals surface area (Å²) in [5, 5.41) is 9.64. The van der Waals surface area contributed by atoms with Gasteiger partial charge >= 0.3 is 0 Å². The molecule has 0 bridgehead atoms. The fraction of sp³-hybridized carbons (Fsp3) is 0.571. The number of aliphatic hydroxyl groups excluding tert-OH is 1. The lowest BCUT2D eigenvalue weighted by atomic mass is 10.0. The van der Waals surface area contributed by atoms with Crippen molar-refractivity contribution in [1.82, 2.24) is 0 Å². The first kappa shape index (κ1) is 12.4. The lowest BCUT2D eigenvalue weighted by Gasteiger charge is -2.17. The quantitative estimate of drug-likeness (QED) is 0.833. The lowest BCUT2D eigenvalue weighted by Crippen LogP contribution is -2.36. The third-order valence-corrected chi connectivity index (χ3v) is 3.49. The van der Waals surface area contributed by atoms with Crippen molar-refractivity contribution in [3.63, 3.8) is 0 Å². The maximum absolute atomic E-state index is 9.64. The molecule has 0 amide bonds. The van der Waals surface area contributed by atoms with Gasteiger partial charge in [0.1, 0.15) is 18.5 Å². The van der Waals surface area contributed by atoms with E-state index < -0.39 is 6.10 Å². The molecule has 1 aliphatic carbocycles. The van der Waals surface area contributed by atoms with Crippen LogP contribution in [0.5, 0.6) is 5.75 Å². The van der Waals surface area contributed by atoms with Gasteiger partial charge in [-0.2, -0.15) is 0 Å². The van der Waals surface area contributed by atoms with Crippen molar-refractivity contribution >= 4 is 0 Å². The molecule has 0 aromatic heterocycles. The molecule has 17 heavy (non-hydrogen) atoms. The van der Waals surface area contributed by atoms with E-state index in [0.29, 0.717) is 0 Å². The number of ether oxygens (including phenoxy) is 1. The van der Waals surface area contributed by atoms with Crippen LogP contribution in [0.3, 0.4) is 0 Å². The second kappa shape index (κ2) is 5.07. The number of hydrogen-bond acceptors (Lipinski definition) is 3. The average Bonchev–Trinajstić information content (AvgIpc) is 2.77. The van der Waals surface area contributed by atoms with E-state index in [1.165, 1.54) is 23.1 Å². The van der Waals surface area contributed by atoms with Gasteiger partial charge in [-0.3, -0.25) is 0 Å². The molecule has 0 saturated carbocycles. The van der Waals surface area contributed by atoms with Crippen LogP contribution in [0.25, 0.3) is 0 Å². The predicted molar refractivity (Wildman–Crippen MR) is 68.4 cm³/mol. The minimum absolute atomic E-state index is 0.256. The first-order chi connectivity index (χ1) is 8.09. The maximum Gasteiger partial charge on any atom is 0.122 e. The first-order valence-electron chi connectivity index (χ1n) is 6.27. The number of nitrogens with two attached hydrogens (primary N) is 1. The predicted octanol–water partition coefficient (Wildman–Crippen LogP) is 1.57. The van der Waals surface area contributed by atoms with Crippen molar-refractivity contribution in [1.29, 1.82) is 0 Å². The Morgan fingerprint density at radius 3 is 2.76 bits per heavy atom. The molecule has 1 unspecified atom stereocenters. The minimum Gasteiger partial charge on any atom is -0.491 e. The fourth-order valence-electron chi connectivity index (χ4n) is 2.31. The van der Waals surface area contributed by atoms with Gasteiger partial charge in [-0.1, -0.05) is 6.07 Å². The second-order valence-corrected chi connectivity index (χ2v) is 4.93. The fourth-order valence-corrected chi connectivity index (χ4v) is 2.31. The van der Waals surface area contributed by atoms with E-state index in [1.807, 2.05) is 6.07 Å². The molecule has 1 aromatic carbocycles. The molecule has 0 aliphatic heterocycles. The Labute approximate surface area is 103 Å². The SMILES string of the molecule is Cc1ccc(OC[C@@H](O)C(C)N)c2c1CCC2. The molecule has 3 heteroatoms. The Balaban J connectivity index is 2.10. The standard InChI is InChI=1S/C14H21NO2/c1-9-6-7-14(12-5-3-4-11(9)12)17-8-13(16)10(2)15/h6-7,10,13,16H,3-5,8,15H2,1-2H3/t10?,13-/m1/s1. The molecule has 2 rings (SSSR count). The summed E-state index contributed by atoms with van der Waals surface area (Å²) >= 11 is 0. The molecule has 94 valence electrons. The van der Waals surface area contributed by atoms with E-state index in [9.17, 15) is 5.11 Å². The number of rotatable bonds is 4. The highest BCUT2D eigenvalue weighted by atomic mass is 16.5. The zero-order chi connectivity index (χ0) is 12.4. The van der Waals surface area contributed by atoms with Crippen LogP contribution in [0, 0.1) is 6.92 Å². The van der Waals surface area contributed by atoms with Gasteiger partial charge in [0.25, 0.3) is 0 Å². The molecule has 3 nitrogen and oxygen atoms in total. The Hall–Kier alpha value is -1.06. The minimum atomic E-state index is -0.603. The van der Waals surface area contributed by atoms with E-state index in [1.54, 1.807) is 6.92 Å². The van der Waals surface area contributed by atoms with E-state index in [-0.39, 0.29) is 12.6 Å². The molecular weight excluding hydrogens is 214 g/mol. The number of fused-ring (bicyclic) bond motifs is 1. The number of aryl methyl sites for hydroxylation is 1. The summed E-state index contributed by atoms with van der Waals surface area (Å²) < 4.78 is 5.70. The highest BCUT2D eigenvalue weighted by Gasteiger charge is 2.19. The number of aliphatic hydroxyl groups is 1. The summed E-state index contributed by atoms with van der Waals surface area (Å²) in [7, 11) is 0. The highest BCUT2D eigenvalue weighted by molar-refractivity contribution is 5.47. The Bertz CT molecular complexity index is 401. The molecule has 0 saturated heterocycles. The third-order valence-electron chi connectivity index (χ3n) is 3.49. The maximum atomic E-state index is 9.64. The van der Waals surface area contributed by atoms with Crippen LogP contribution in [0.2, 0.25) is 0 Å². The molecule has 1 aromatic rings. The molecule has 1 aliphatic rings. The summed E-state index contributed by atoms with van der Waals surface area (Å²) in [6.45, 7) is 4.20. The molecule has 2 atom stereocenters. The van der Waals surface area contributed by atoms with Crippen molar-refractivity contribution in [2.24, 2.45) is 5.73 Å². The molecule has 3 N–H and O–H groups in total. The van der Waals surface area contributed by atoms with Crippen LogP contribution in [0.4, 0.5) is 0 Å². The summed E-state index contributed by atoms with van der Waals surface area (Å²) in [5.74, 6) is 0.919. The van der Waals surface area contributed by atoms with Gasteiger partial charge in [0, 0.05) is 6.04 Å². The monoisotopic (exact) mass is 235 g/mol. The first-order valence-corrected chi connectivity index (χ1v) is 6.27. The summed E-state index contributed by atoms with van der Waals surface area (Å²) in [5.41, 5.74) is 9.70. The topological polar surface area (TPSA) is 55.5 Å². The van der Waals surface area contributed by atoms with Crippen LogP contribution < -0.4 is 10.5 Å². The zero-order valence-corrected chi connectivity index (χ0v) is 10.6. The lowest BCUT2D eigenvalue weighted by molar-refractivity contribution is 0.0896. The van der Waals surface area contributed by atoms with Crippen LogP contribution in [-0.2, 0) is 12.8 Å². The van der Waals surface area contributed by atoms with Gasteiger partial charge in [0.2, 0.25) is 0 Å². The van der Waals surface area contributed by atoms with Crippen LogP contribution in [-0.4, -0.2) is 23.9 Å². The van der Waals surface area contributed by atoms with Crippen LogP contribution in [0.15, 0.2) is 12.1 Å². The van der Waals surface area contributed by atoms with E-state index >= 15 is 0 Å². The van der Waals surface area contributed by atoms with Gasteiger partial charge in [-0.25, -0.2) is 0 Å². The van der Waals surface area contributed by atoms with Crippen molar-refractivity contribution in [2.75, 3.05) is 6.61 Å². The normalized spacial score (nSPS) is 17.6. The smallest absolute Gasteiger partial charge is 0.122 e. The number of hydrogen-bond donors (Lipinski definition) is 2. The van der Waals surface area contributed by atoms with E-state index in [0.717, 1.165) is 18.6 Å². The van der Waals surface area contributed by atoms with Crippen LogP contribution >= 0.6 is 0 Å². The summed E-state index contributed by atoms with van der Waals surface area (Å²) in [4.78, 5) is 0. The van der Waals surface area contributed by atoms with Gasteiger partial charge < -0.3 is 15.6 Å². The Morgan fingerprint density at radius 2 is 2.06 bits per heavy atom. The van der Waals surface area contributed by atoms with Gasteiger partial charge in [0.05, 0.1) is 0 Å². The van der Waals surface area contributed by atoms with Gasteiger partial charge in [0.15, 0.2) is 0 Å². The van der Waals surface area contributed by atoms with Crippen molar-refractivity contribution in [2.45, 2.75) is 45.3 Å². The molecule has 0 heterocycles. The second-order valence-electron chi connectivity index (χ2n) is 4.93. The van der Waals surface area contributed by atoms with Crippen molar-refractivity contribution in [3.8, 4) is 5.75 Å². The Morgan fingerprint density at radius 1 is 1.35 bits per heavy atom. The van der Waals surface area contributed by atoms with Crippen molar-refractivity contribution in [3.05, 3.63) is 28.8 Å². The largest absolute Gasteiger partial charge is 0.491 e. The van der Waals surface area contributed by atoms with Crippen molar-refractivity contribution < 1.29 is 9.84 Å². The average molecular weight is 235 g/mol. The third kappa shape index (κ3) is 2.61. The van der Waals surface area contributed by atoms with Gasteiger partial charge in [-0.05, 0) is 55.9 Å². The Kier molecular flexibility index (Phi) is 3.69. The molecule has 0 radical (unpaired) electrons. The van der Waals surface area contributed by atoms with E-state index in [2.05, 4.69) is 13.0 Å². The van der Waals surface area contributed by atoms with E-state index in [4.69, 9.17) is 10.5 Å². The van der Waals surface area contributed by atoms with Gasteiger partial charge in [-0.15, -0.1) is 0 Å².